The number of fused-ring (bicyclic) bond motifs is 5. The highest BCUT2D eigenvalue weighted by Crippen LogP contribution is 2.44. The van der Waals surface area contributed by atoms with E-state index in [-0.39, 0.29) is 5.91 Å². The lowest BCUT2D eigenvalue weighted by Gasteiger charge is -2.24. The van der Waals surface area contributed by atoms with Crippen molar-refractivity contribution in [1.29, 1.82) is 0 Å². The lowest BCUT2D eigenvalue weighted by atomic mass is 9.94. The fourth-order valence-electron chi connectivity index (χ4n) is 2.94. The average Bonchev–Trinajstić information content (AvgIpc) is 2.96. The minimum Gasteiger partial charge on any atom is -0.295 e. The molecule has 3 aliphatic rings. The number of hydrogen-bond acceptors (Lipinski definition) is 5. The zero-order valence-corrected chi connectivity index (χ0v) is 12.2. The molecule has 0 atom stereocenters. The first-order valence-corrected chi connectivity index (χ1v) is 8.48. The van der Waals surface area contributed by atoms with Crippen molar-refractivity contribution in [3.8, 4) is 0 Å². The Labute approximate surface area is 119 Å². The highest BCUT2D eigenvalue weighted by molar-refractivity contribution is 8.13. The summed E-state index contributed by atoms with van der Waals surface area (Å²) < 4.78 is 0. The molecule has 3 heterocycles. The number of thiophene rings is 1. The number of rotatable bonds is 0. The number of aliphatic imine (C=N–C) groups is 2. The van der Waals surface area contributed by atoms with Crippen molar-refractivity contribution >= 4 is 45.0 Å². The molecule has 0 saturated heterocycles. The third kappa shape index (κ3) is 1.63. The molecule has 4 rings (SSSR count). The van der Waals surface area contributed by atoms with E-state index in [1.165, 1.54) is 23.3 Å². The molecule has 1 amide bonds. The minimum atomic E-state index is -0.0552. The summed E-state index contributed by atoms with van der Waals surface area (Å²) in [6.07, 6.45) is 6.75. The molecular weight excluding hydrogens is 278 g/mol. The predicted molar refractivity (Wildman–Crippen MR) is 79.8 cm³/mol. The van der Waals surface area contributed by atoms with Crippen LogP contribution in [-0.4, -0.2) is 34.6 Å². The van der Waals surface area contributed by atoms with Gasteiger partial charge >= 0.3 is 0 Å². The first-order chi connectivity index (χ1) is 9.28. The van der Waals surface area contributed by atoms with Gasteiger partial charge < -0.3 is 0 Å². The van der Waals surface area contributed by atoms with E-state index in [4.69, 9.17) is 4.99 Å². The topological polar surface area (TPSA) is 45.0 Å². The predicted octanol–water partition coefficient (Wildman–Crippen LogP) is 2.58. The molecule has 2 aliphatic heterocycles. The maximum absolute atomic E-state index is 11.7. The molecule has 0 N–H and O–H groups in total. The van der Waals surface area contributed by atoms with Gasteiger partial charge in [0.1, 0.15) is 17.4 Å². The molecule has 4 nitrogen and oxygen atoms in total. The van der Waals surface area contributed by atoms with Crippen LogP contribution in [0.3, 0.4) is 0 Å². The Bertz CT molecular complexity index is 645. The van der Waals surface area contributed by atoms with Gasteiger partial charge in [-0.15, -0.1) is 11.3 Å². The quantitative estimate of drug-likeness (QED) is 0.738. The van der Waals surface area contributed by atoms with Gasteiger partial charge in [-0.05, 0) is 37.5 Å². The molecule has 1 aromatic rings. The van der Waals surface area contributed by atoms with Crippen LogP contribution in [0.25, 0.3) is 0 Å². The molecule has 1 aromatic heterocycles. The van der Waals surface area contributed by atoms with E-state index in [0.29, 0.717) is 6.54 Å². The van der Waals surface area contributed by atoms with Gasteiger partial charge in [0.15, 0.2) is 5.17 Å². The SMILES string of the molecule is CSC1=Nc2sc3c(c2C2=NC(=O)CN12)CCCC3. The normalized spacial score (nSPS) is 20.7. The number of amides is 1. The smallest absolute Gasteiger partial charge is 0.267 e. The Balaban J connectivity index is 1.95. The van der Waals surface area contributed by atoms with Crippen molar-refractivity contribution in [1.82, 2.24) is 4.90 Å². The Morgan fingerprint density at radius 1 is 1.26 bits per heavy atom. The van der Waals surface area contributed by atoms with Crippen LogP contribution in [0.5, 0.6) is 0 Å². The van der Waals surface area contributed by atoms with Crippen molar-refractivity contribution in [2.45, 2.75) is 25.7 Å². The summed E-state index contributed by atoms with van der Waals surface area (Å²) in [7, 11) is 0. The number of thioether (sulfide) groups is 1. The molecule has 0 fully saturated rings. The summed E-state index contributed by atoms with van der Waals surface area (Å²) in [5.74, 6) is 0.791. The molecule has 0 unspecified atom stereocenters. The van der Waals surface area contributed by atoms with Gasteiger partial charge in [0.05, 0.1) is 5.56 Å². The molecule has 1 aliphatic carbocycles. The Kier molecular flexibility index (Phi) is 2.57. The van der Waals surface area contributed by atoms with Crippen LogP contribution >= 0.6 is 23.1 Å². The lowest BCUT2D eigenvalue weighted by molar-refractivity contribution is -0.116. The zero-order valence-electron chi connectivity index (χ0n) is 10.6. The van der Waals surface area contributed by atoms with Crippen molar-refractivity contribution in [2.24, 2.45) is 9.98 Å². The summed E-state index contributed by atoms with van der Waals surface area (Å²) in [6.45, 7) is 0.346. The average molecular weight is 291 g/mol. The van der Waals surface area contributed by atoms with Gasteiger partial charge in [-0.1, -0.05) is 11.8 Å². The van der Waals surface area contributed by atoms with Gasteiger partial charge in [-0.25, -0.2) is 4.99 Å². The highest BCUT2D eigenvalue weighted by Gasteiger charge is 2.37. The summed E-state index contributed by atoms with van der Waals surface area (Å²) in [6, 6.07) is 0. The van der Waals surface area contributed by atoms with E-state index >= 15 is 0 Å². The minimum absolute atomic E-state index is 0.0552. The number of aryl methyl sites for hydroxylation is 1. The van der Waals surface area contributed by atoms with Crippen LogP contribution in [0.4, 0.5) is 5.00 Å². The van der Waals surface area contributed by atoms with E-state index in [9.17, 15) is 4.79 Å². The van der Waals surface area contributed by atoms with Gasteiger partial charge in [-0.3, -0.25) is 9.69 Å². The molecule has 0 bridgehead atoms. The van der Waals surface area contributed by atoms with Crippen LogP contribution in [0, 0.1) is 0 Å². The van der Waals surface area contributed by atoms with Crippen LogP contribution in [0.2, 0.25) is 0 Å². The molecule has 98 valence electrons. The fraction of sp³-hybridized carbons (Fsp3) is 0.462. The van der Waals surface area contributed by atoms with Crippen LogP contribution in [0.1, 0.15) is 28.8 Å². The van der Waals surface area contributed by atoms with Gasteiger partial charge in [0.25, 0.3) is 5.91 Å². The second-order valence-corrected chi connectivity index (χ2v) is 6.76. The summed E-state index contributed by atoms with van der Waals surface area (Å²) in [5.41, 5.74) is 2.54. The van der Waals surface area contributed by atoms with Crippen molar-refractivity contribution in [3.05, 3.63) is 16.0 Å². The Morgan fingerprint density at radius 2 is 2.11 bits per heavy atom. The Morgan fingerprint density at radius 3 is 2.95 bits per heavy atom. The van der Waals surface area contributed by atoms with Crippen molar-refractivity contribution < 1.29 is 4.79 Å². The maximum atomic E-state index is 11.7. The highest BCUT2D eigenvalue weighted by atomic mass is 32.2. The first-order valence-electron chi connectivity index (χ1n) is 6.44. The zero-order chi connectivity index (χ0) is 13.0. The molecule has 0 saturated carbocycles. The molecular formula is C13H13N3OS2. The molecule has 0 aromatic carbocycles. The molecule has 19 heavy (non-hydrogen) atoms. The van der Waals surface area contributed by atoms with E-state index in [1.54, 1.807) is 23.1 Å². The number of hydrogen-bond donors (Lipinski definition) is 0. The van der Waals surface area contributed by atoms with E-state index in [0.717, 1.165) is 34.4 Å². The lowest BCUT2D eigenvalue weighted by Crippen LogP contribution is -2.35. The largest absolute Gasteiger partial charge is 0.295 e. The van der Waals surface area contributed by atoms with Crippen molar-refractivity contribution in [3.63, 3.8) is 0 Å². The standard InChI is InChI=1S/C13H13N3OS2/c1-18-13-15-12-10(11-14-9(17)6-16(11)13)7-4-2-3-5-8(7)19-12/h2-6H2,1H3. The monoisotopic (exact) mass is 291 g/mol. The van der Waals surface area contributed by atoms with Gasteiger partial charge in [0, 0.05) is 4.88 Å². The molecule has 6 heteroatoms. The fourth-order valence-corrected chi connectivity index (χ4v) is 4.80. The summed E-state index contributed by atoms with van der Waals surface area (Å²) in [4.78, 5) is 24.1. The Hall–Kier alpha value is -1.14. The molecule has 0 radical (unpaired) electrons. The van der Waals surface area contributed by atoms with Crippen LogP contribution < -0.4 is 0 Å². The van der Waals surface area contributed by atoms with E-state index in [2.05, 4.69) is 4.99 Å². The second kappa shape index (κ2) is 4.18. The van der Waals surface area contributed by atoms with E-state index < -0.39 is 0 Å². The van der Waals surface area contributed by atoms with Gasteiger partial charge in [0.2, 0.25) is 0 Å². The molecule has 0 spiro atoms. The third-order valence-corrected chi connectivity index (χ3v) is 5.63. The first kappa shape index (κ1) is 11.7. The maximum Gasteiger partial charge on any atom is 0.267 e. The van der Waals surface area contributed by atoms with E-state index in [1.807, 2.05) is 11.2 Å². The summed E-state index contributed by atoms with van der Waals surface area (Å²) >= 11 is 3.37. The second-order valence-electron chi connectivity index (χ2n) is 4.90. The number of nitrogens with zero attached hydrogens (tertiary/aromatic N) is 3. The third-order valence-electron chi connectivity index (χ3n) is 3.77. The number of carbonyl (C=O) groups is 1. The summed E-state index contributed by atoms with van der Waals surface area (Å²) in [5, 5.41) is 1.96. The van der Waals surface area contributed by atoms with Crippen LogP contribution in [0.15, 0.2) is 9.98 Å². The number of carbonyl (C=O) groups excluding carboxylic acids is 1. The van der Waals surface area contributed by atoms with Crippen molar-refractivity contribution in [2.75, 3.05) is 12.8 Å². The van der Waals surface area contributed by atoms with Crippen LogP contribution in [-0.2, 0) is 17.6 Å². The number of amidine groups is 2. The van der Waals surface area contributed by atoms with Gasteiger partial charge in [-0.2, -0.15) is 4.99 Å².